The fourth-order valence-electron chi connectivity index (χ4n) is 8.89. The van der Waals surface area contributed by atoms with E-state index in [2.05, 4.69) is 187 Å². The minimum atomic E-state index is 0.860. The van der Waals surface area contributed by atoms with E-state index in [4.69, 9.17) is 4.98 Å². The summed E-state index contributed by atoms with van der Waals surface area (Å²) >= 11 is 0. The van der Waals surface area contributed by atoms with Crippen molar-refractivity contribution in [3.05, 3.63) is 182 Å². The Hall–Kier alpha value is -6.77. The minimum absolute atomic E-state index is 0.860. The number of hydrogen-bond acceptors (Lipinski definition) is 1. The monoisotopic (exact) mass is 674 g/mol. The molecule has 0 saturated carbocycles. The molecule has 0 aliphatic carbocycles. The highest BCUT2D eigenvalue weighted by molar-refractivity contribution is 6.26. The summed E-state index contributed by atoms with van der Waals surface area (Å²) < 4.78 is 2.30. The lowest BCUT2D eigenvalue weighted by atomic mass is 9.83. The SMILES string of the molecule is CCc1nc2ccccc2n1-c1ccc(-c2c3ccccc3c(-c3cc4ccc5cccc6ccc(c3)c4c56)c3ccc(-c4ccccc4)cc23)cc1. The van der Waals surface area contributed by atoms with Gasteiger partial charge in [0, 0.05) is 12.1 Å². The summed E-state index contributed by atoms with van der Waals surface area (Å²) in [5.74, 6) is 1.07. The van der Waals surface area contributed by atoms with E-state index < -0.39 is 0 Å². The second kappa shape index (κ2) is 11.6. The van der Waals surface area contributed by atoms with Crippen LogP contribution in [0.2, 0.25) is 0 Å². The second-order valence-electron chi connectivity index (χ2n) is 14.2. The predicted molar refractivity (Wildman–Crippen MR) is 225 cm³/mol. The molecule has 0 unspecified atom stereocenters. The molecular weight excluding hydrogens is 641 g/mol. The van der Waals surface area contributed by atoms with Gasteiger partial charge >= 0.3 is 0 Å². The lowest BCUT2D eigenvalue weighted by Crippen LogP contribution is -2.00. The maximum absolute atomic E-state index is 4.95. The van der Waals surface area contributed by atoms with Gasteiger partial charge in [-0.15, -0.1) is 0 Å². The van der Waals surface area contributed by atoms with Gasteiger partial charge in [0.15, 0.2) is 0 Å². The van der Waals surface area contributed by atoms with Crippen molar-refractivity contribution < 1.29 is 0 Å². The Labute approximate surface area is 307 Å². The van der Waals surface area contributed by atoms with E-state index >= 15 is 0 Å². The number of benzene rings is 10. The van der Waals surface area contributed by atoms with E-state index in [0.717, 1.165) is 29.0 Å². The third kappa shape index (κ3) is 4.55. The molecule has 0 spiro atoms. The Morgan fingerprint density at radius 2 is 1.00 bits per heavy atom. The largest absolute Gasteiger partial charge is 0.296 e. The quantitative estimate of drug-likeness (QED) is 0.131. The molecule has 0 saturated heterocycles. The van der Waals surface area contributed by atoms with Crippen LogP contribution in [-0.2, 0) is 6.42 Å². The van der Waals surface area contributed by atoms with Crippen molar-refractivity contribution in [3.8, 4) is 39.1 Å². The normalized spacial score (nSPS) is 11.9. The molecule has 0 aliphatic rings. The van der Waals surface area contributed by atoms with Crippen LogP contribution in [0.1, 0.15) is 12.7 Å². The molecule has 0 N–H and O–H groups in total. The van der Waals surface area contributed by atoms with E-state index in [-0.39, 0.29) is 0 Å². The molecule has 0 bridgehead atoms. The van der Waals surface area contributed by atoms with Gasteiger partial charge in [0.2, 0.25) is 0 Å². The number of para-hydroxylation sites is 2. The third-order valence-corrected chi connectivity index (χ3v) is 11.2. The van der Waals surface area contributed by atoms with Crippen molar-refractivity contribution >= 4 is 64.9 Å². The van der Waals surface area contributed by atoms with Gasteiger partial charge < -0.3 is 0 Å². The van der Waals surface area contributed by atoms with Crippen molar-refractivity contribution in [2.45, 2.75) is 13.3 Å². The van der Waals surface area contributed by atoms with Gasteiger partial charge in [0.25, 0.3) is 0 Å². The fourth-order valence-corrected chi connectivity index (χ4v) is 8.89. The first-order valence-electron chi connectivity index (χ1n) is 18.5. The van der Waals surface area contributed by atoms with Crippen molar-refractivity contribution in [1.82, 2.24) is 9.55 Å². The molecule has 0 radical (unpaired) electrons. The maximum Gasteiger partial charge on any atom is 0.114 e. The number of hydrogen-bond donors (Lipinski definition) is 0. The number of aryl methyl sites for hydroxylation is 1. The van der Waals surface area contributed by atoms with Gasteiger partial charge in [-0.2, -0.15) is 0 Å². The Morgan fingerprint density at radius 1 is 0.415 bits per heavy atom. The van der Waals surface area contributed by atoms with Crippen molar-refractivity contribution in [2.75, 3.05) is 0 Å². The van der Waals surface area contributed by atoms with Crippen LogP contribution >= 0.6 is 0 Å². The third-order valence-electron chi connectivity index (χ3n) is 11.2. The first-order valence-corrected chi connectivity index (χ1v) is 18.5. The molecule has 248 valence electrons. The van der Waals surface area contributed by atoms with E-state index in [1.165, 1.54) is 87.2 Å². The summed E-state index contributed by atoms with van der Waals surface area (Å²) in [6.45, 7) is 2.18. The molecular formula is C51H34N2. The van der Waals surface area contributed by atoms with Crippen LogP contribution < -0.4 is 0 Å². The molecule has 53 heavy (non-hydrogen) atoms. The van der Waals surface area contributed by atoms with Gasteiger partial charge in [0.1, 0.15) is 5.82 Å². The molecule has 1 heterocycles. The maximum atomic E-state index is 4.95. The Morgan fingerprint density at radius 3 is 1.72 bits per heavy atom. The smallest absolute Gasteiger partial charge is 0.114 e. The van der Waals surface area contributed by atoms with Gasteiger partial charge in [0.05, 0.1) is 11.0 Å². The number of rotatable bonds is 5. The average Bonchev–Trinajstić information content (AvgIpc) is 3.61. The molecule has 1 aromatic heterocycles. The molecule has 2 heteroatoms. The Kier molecular flexibility index (Phi) is 6.56. The number of aromatic nitrogens is 2. The zero-order valence-corrected chi connectivity index (χ0v) is 29.3. The summed E-state index contributed by atoms with van der Waals surface area (Å²) in [5.41, 5.74) is 10.7. The summed E-state index contributed by atoms with van der Waals surface area (Å²) in [5, 5.41) is 12.8. The summed E-state index contributed by atoms with van der Waals surface area (Å²) in [6.07, 6.45) is 0.860. The number of imidazole rings is 1. The second-order valence-corrected chi connectivity index (χ2v) is 14.2. The molecule has 0 fully saturated rings. The molecule has 0 atom stereocenters. The van der Waals surface area contributed by atoms with E-state index in [9.17, 15) is 0 Å². The van der Waals surface area contributed by atoms with Crippen molar-refractivity contribution in [3.63, 3.8) is 0 Å². The summed E-state index contributed by atoms with van der Waals surface area (Å²) in [6, 6.07) is 64.9. The standard InChI is InChI=1S/C51H34N2/c1-2-47-52-45-17-8-9-18-46(45)53(47)40-26-23-35(24-27-40)50-41-15-6-7-16-42(41)51(43-28-25-36(31-44(43)50)32-11-4-3-5-12-32)39-29-37-21-19-33-13-10-14-34-20-22-38(30-39)49(37)48(33)34/h3-31H,2H2,1H3. The topological polar surface area (TPSA) is 17.8 Å². The first-order chi connectivity index (χ1) is 26.2. The molecule has 11 rings (SSSR count). The fraction of sp³-hybridized carbons (Fsp3) is 0.0392. The van der Waals surface area contributed by atoms with Crippen molar-refractivity contribution in [2.24, 2.45) is 0 Å². The lowest BCUT2D eigenvalue weighted by molar-refractivity contribution is 0.908. The number of nitrogens with zero attached hydrogens (tertiary/aromatic N) is 2. The van der Waals surface area contributed by atoms with Gasteiger partial charge in [-0.3, -0.25) is 4.57 Å². The van der Waals surface area contributed by atoms with Crippen LogP contribution in [0.15, 0.2) is 176 Å². The zero-order chi connectivity index (χ0) is 35.0. The highest BCUT2D eigenvalue weighted by Gasteiger charge is 2.20. The lowest BCUT2D eigenvalue weighted by Gasteiger charge is -2.20. The zero-order valence-electron chi connectivity index (χ0n) is 29.3. The average molecular weight is 675 g/mol. The van der Waals surface area contributed by atoms with Crippen LogP contribution in [0.25, 0.3) is 104 Å². The van der Waals surface area contributed by atoms with Crippen molar-refractivity contribution in [1.29, 1.82) is 0 Å². The highest BCUT2D eigenvalue weighted by Crippen LogP contribution is 2.47. The Balaban J connectivity index is 1.19. The van der Waals surface area contributed by atoms with Crippen LogP contribution in [0, 0.1) is 0 Å². The molecule has 10 aromatic carbocycles. The minimum Gasteiger partial charge on any atom is -0.296 e. The van der Waals surface area contributed by atoms with Crippen LogP contribution in [0.4, 0.5) is 0 Å². The molecule has 11 aromatic rings. The Bertz CT molecular complexity index is 3120. The van der Waals surface area contributed by atoms with E-state index in [0.29, 0.717) is 0 Å². The van der Waals surface area contributed by atoms with Gasteiger partial charge in [-0.1, -0.05) is 140 Å². The van der Waals surface area contributed by atoms with Crippen LogP contribution in [0.3, 0.4) is 0 Å². The van der Waals surface area contributed by atoms with Crippen LogP contribution in [-0.4, -0.2) is 9.55 Å². The van der Waals surface area contributed by atoms with E-state index in [1.807, 2.05) is 0 Å². The van der Waals surface area contributed by atoms with Gasteiger partial charge in [-0.05, 0) is 130 Å². The molecule has 2 nitrogen and oxygen atoms in total. The summed E-state index contributed by atoms with van der Waals surface area (Å²) in [7, 11) is 0. The van der Waals surface area contributed by atoms with Gasteiger partial charge in [-0.25, -0.2) is 4.98 Å². The first kappa shape index (κ1) is 29.9. The predicted octanol–water partition coefficient (Wildman–Crippen LogP) is 13.8. The highest BCUT2D eigenvalue weighted by atomic mass is 15.1. The molecule has 0 aliphatic heterocycles. The molecule has 0 amide bonds. The van der Waals surface area contributed by atoms with Crippen LogP contribution in [0.5, 0.6) is 0 Å². The summed E-state index contributed by atoms with van der Waals surface area (Å²) in [4.78, 5) is 4.95. The number of fused-ring (bicyclic) bond motifs is 3. The van der Waals surface area contributed by atoms with E-state index in [1.54, 1.807) is 0 Å².